The van der Waals surface area contributed by atoms with Gasteiger partial charge >= 0.3 is 5.97 Å². The Morgan fingerprint density at radius 1 is 0.814 bits per heavy atom. The van der Waals surface area contributed by atoms with Gasteiger partial charge in [-0.2, -0.15) is 0 Å². The molecule has 0 unspecified atom stereocenters. The van der Waals surface area contributed by atoms with E-state index in [1.165, 1.54) is 16.3 Å². The van der Waals surface area contributed by atoms with Crippen LogP contribution >= 0.6 is 23.2 Å². The monoisotopic (exact) mass is 629 g/mol. The number of nitrogens with zero attached hydrogens (tertiary/aromatic N) is 1. The zero-order valence-corrected chi connectivity index (χ0v) is 27.3. The van der Waals surface area contributed by atoms with E-state index in [-0.39, 0.29) is 6.61 Å². The van der Waals surface area contributed by atoms with Crippen molar-refractivity contribution in [2.24, 2.45) is 0 Å². The first-order chi connectivity index (χ1) is 20.4. The van der Waals surface area contributed by atoms with Gasteiger partial charge in [0.15, 0.2) is 12.2 Å². The first-order valence-corrected chi connectivity index (χ1v) is 15.9. The van der Waals surface area contributed by atoms with E-state index in [0.717, 1.165) is 50.5 Å². The molecule has 0 aliphatic heterocycles. The van der Waals surface area contributed by atoms with Gasteiger partial charge in [0.2, 0.25) is 0 Å². The van der Waals surface area contributed by atoms with Crippen molar-refractivity contribution in [2.75, 3.05) is 20.2 Å². The van der Waals surface area contributed by atoms with Crippen LogP contribution in [-0.2, 0) is 31.9 Å². The van der Waals surface area contributed by atoms with Crippen molar-refractivity contribution in [1.82, 2.24) is 4.90 Å². The number of amides is 1. The van der Waals surface area contributed by atoms with Crippen LogP contribution in [0.1, 0.15) is 70.4 Å². The smallest absolute Gasteiger partial charge is 0.338 e. The van der Waals surface area contributed by atoms with Gasteiger partial charge in [-0.05, 0) is 93.3 Å². The van der Waals surface area contributed by atoms with E-state index in [9.17, 15) is 14.7 Å². The van der Waals surface area contributed by atoms with Gasteiger partial charge in [-0.25, -0.2) is 4.79 Å². The van der Waals surface area contributed by atoms with Crippen LogP contribution in [0.3, 0.4) is 0 Å². The van der Waals surface area contributed by atoms with Crippen LogP contribution in [-0.4, -0.2) is 59.9 Å². The molecular weight excluding hydrogens is 585 g/mol. The molecule has 1 N–H and O–H groups in total. The van der Waals surface area contributed by atoms with Crippen molar-refractivity contribution in [2.45, 2.75) is 89.9 Å². The van der Waals surface area contributed by atoms with Crippen molar-refractivity contribution < 1.29 is 24.2 Å². The molecule has 0 aromatic heterocycles. The van der Waals surface area contributed by atoms with E-state index in [1.54, 1.807) is 38.8 Å². The summed E-state index contributed by atoms with van der Waals surface area (Å²) >= 11 is 12.1. The molecule has 0 aliphatic rings. The van der Waals surface area contributed by atoms with Gasteiger partial charge in [-0.3, -0.25) is 4.79 Å². The molecule has 3 rings (SSSR count). The van der Waals surface area contributed by atoms with Crippen LogP contribution in [0.5, 0.6) is 0 Å². The molecule has 6 nitrogen and oxygen atoms in total. The Bertz CT molecular complexity index is 1340. The minimum atomic E-state index is -1.71. The molecular formula is C35H45Cl2NO5. The molecule has 8 heteroatoms. The molecule has 1 amide bonds. The number of unbranched alkanes of at least 4 members (excludes halogenated alkanes) is 4. The maximum Gasteiger partial charge on any atom is 0.338 e. The normalized spacial score (nSPS) is 13.1. The summed E-state index contributed by atoms with van der Waals surface area (Å²) < 4.78 is 11.2. The summed E-state index contributed by atoms with van der Waals surface area (Å²) in [6.45, 7) is 5.88. The second kappa shape index (κ2) is 17.0. The number of likely N-dealkylation sites (N-methyl/N-ethyl adjacent to an activating group) is 1. The van der Waals surface area contributed by atoms with E-state index >= 15 is 0 Å². The van der Waals surface area contributed by atoms with Crippen molar-refractivity contribution in [3.63, 3.8) is 0 Å². The van der Waals surface area contributed by atoms with E-state index in [4.69, 9.17) is 32.7 Å². The molecule has 2 atom stereocenters. The zero-order valence-electron chi connectivity index (χ0n) is 25.8. The first kappa shape index (κ1) is 34.8. The van der Waals surface area contributed by atoms with Gasteiger partial charge < -0.3 is 19.5 Å². The van der Waals surface area contributed by atoms with Crippen LogP contribution in [0.2, 0.25) is 10.0 Å². The quantitative estimate of drug-likeness (QED) is 0.129. The average Bonchev–Trinajstić information content (AvgIpc) is 2.96. The Kier molecular flexibility index (Phi) is 13.8. The lowest BCUT2D eigenvalue weighted by atomic mass is 10.0. The summed E-state index contributed by atoms with van der Waals surface area (Å²) in [5.74, 6) is -1.29. The first-order valence-electron chi connectivity index (χ1n) is 15.1. The lowest BCUT2D eigenvalue weighted by Gasteiger charge is -2.28. The number of aliphatic hydroxyl groups is 1. The SMILES string of the molecule is CN(CCCCCc1ccc2ccccc2c1)C(=O)[C@H](OCCCCCc1ccc(Cl)c(Cl)c1)[C@@H](O)C(=O)OC(C)(C)C. The Balaban J connectivity index is 1.46. The van der Waals surface area contributed by atoms with Gasteiger partial charge in [0.25, 0.3) is 5.91 Å². The highest BCUT2D eigenvalue weighted by Crippen LogP contribution is 2.24. The van der Waals surface area contributed by atoms with Crippen LogP contribution < -0.4 is 0 Å². The van der Waals surface area contributed by atoms with E-state index in [2.05, 4.69) is 36.4 Å². The van der Waals surface area contributed by atoms with Crippen LogP contribution in [0.25, 0.3) is 10.8 Å². The zero-order chi connectivity index (χ0) is 31.4. The number of aryl methyl sites for hydroxylation is 2. The number of aliphatic hydroxyl groups excluding tert-OH is 1. The van der Waals surface area contributed by atoms with E-state index in [1.807, 2.05) is 18.2 Å². The highest BCUT2D eigenvalue weighted by atomic mass is 35.5. The van der Waals surface area contributed by atoms with Crippen LogP contribution in [0, 0.1) is 0 Å². The third kappa shape index (κ3) is 11.8. The number of carbonyl (C=O) groups is 2. The van der Waals surface area contributed by atoms with Gasteiger partial charge in [0, 0.05) is 20.2 Å². The molecule has 0 saturated carbocycles. The maximum absolute atomic E-state index is 13.3. The number of carbonyl (C=O) groups excluding carboxylic acids is 2. The fourth-order valence-electron chi connectivity index (χ4n) is 4.87. The second-order valence-corrected chi connectivity index (χ2v) is 12.9. The van der Waals surface area contributed by atoms with E-state index < -0.39 is 29.7 Å². The molecule has 3 aromatic carbocycles. The van der Waals surface area contributed by atoms with Crippen molar-refractivity contribution in [3.05, 3.63) is 81.8 Å². The third-order valence-electron chi connectivity index (χ3n) is 7.22. The molecule has 0 aliphatic carbocycles. The summed E-state index contributed by atoms with van der Waals surface area (Å²) in [5, 5.41) is 14.3. The summed E-state index contributed by atoms with van der Waals surface area (Å²) in [5.41, 5.74) is 1.60. The molecule has 0 spiro atoms. The summed E-state index contributed by atoms with van der Waals surface area (Å²) in [4.78, 5) is 27.5. The van der Waals surface area contributed by atoms with Gasteiger partial charge in [0.05, 0.1) is 10.0 Å². The van der Waals surface area contributed by atoms with Crippen molar-refractivity contribution in [3.8, 4) is 0 Å². The van der Waals surface area contributed by atoms with Crippen LogP contribution in [0.4, 0.5) is 0 Å². The Morgan fingerprint density at radius 2 is 1.44 bits per heavy atom. The molecule has 0 bridgehead atoms. The largest absolute Gasteiger partial charge is 0.458 e. The number of halogens is 2. The predicted octanol–water partition coefficient (Wildman–Crippen LogP) is 7.82. The molecule has 0 fully saturated rings. The number of esters is 1. The summed E-state index contributed by atoms with van der Waals surface area (Å²) in [6, 6.07) is 20.5. The number of benzene rings is 3. The fourth-order valence-corrected chi connectivity index (χ4v) is 5.19. The Hall–Kier alpha value is -2.64. The van der Waals surface area contributed by atoms with Gasteiger partial charge in [0.1, 0.15) is 5.60 Å². The average molecular weight is 631 g/mol. The van der Waals surface area contributed by atoms with Gasteiger partial charge in [-0.15, -0.1) is 0 Å². The van der Waals surface area contributed by atoms with E-state index in [0.29, 0.717) is 23.0 Å². The highest BCUT2D eigenvalue weighted by Gasteiger charge is 2.37. The molecule has 0 radical (unpaired) electrons. The lowest BCUT2D eigenvalue weighted by Crippen LogP contribution is -2.50. The Morgan fingerprint density at radius 3 is 2.12 bits per heavy atom. The number of ether oxygens (including phenoxy) is 2. The fraction of sp³-hybridized carbons (Fsp3) is 0.486. The lowest BCUT2D eigenvalue weighted by molar-refractivity contribution is -0.179. The number of hydrogen-bond acceptors (Lipinski definition) is 5. The molecule has 0 saturated heterocycles. The summed E-state index contributed by atoms with van der Waals surface area (Å²) in [7, 11) is 1.68. The standard InChI is InChI=1S/C35H45Cl2NO5/c1-35(2,3)43-34(41)31(39)32(42-22-12-6-8-14-26-18-20-29(36)30(37)24-26)33(40)38(4)21-11-5-7-13-25-17-19-27-15-9-10-16-28(27)23-25/h9-10,15-20,23-24,31-32,39H,5-8,11-14,21-22H2,1-4H3/t31-,32-/m1/s1. The molecule has 0 heterocycles. The minimum absolute atomic E-state index is 0.233. The highest BCUT2D eigenvalue weighted by molar-refractivity contribution is 6.42. The van der Waals surface area contributed by atoms with Crippen LogP contribution in [0.15, 0.2) is 60.7 Å². The predicted molar refractivity (Wildman–Crippen MR) is 175 cm³/mol. The summed E-state index contributed by atoms with van der Waals surface area (Å²) in [6.07, 6.45) is 3.94. The molecule has 234 valence electrons. The second-order valence-electron chi connectivity index (χ2n) is 12.1. The topological polar surface area (TPSA) is 76.1 Å². The minimum Gasteiger partial charge on any atom is -0.458 e. The van der Waals surface area contributed by atoms with Gasteiger partial charge in [-0.1, -0.05) is 84.6 Å². The number of rotatable bonds is 16. The molecule has 43 heavy (non-hydrogen) atoms. The number of fused-ring (bicyclic) bond motifs is 1. The maximum atomic E-state index is 13.3. The third-order valence-corrected chi connectivity index (χ3v) is 7.96. The number of hydrogen-bond donors (Lipinski definition) is 1. The molecule has 3 aromatic rings. The Labute approximate surface area is 266 Å². The van der Waals surface area contributed by atoms with Crippen molar-refractivity contribution >= 4 is 45.9 Å². The van der Waals surface area contributed by atoms with Crippen molar-refractivity contribution in [1.29, 1.82) is 0 Å².